The van der Waals surface area contributed by atoms with Crippen LogP contribution in [0.1, 0.15) is 44.1 Å². The maximum absolute atomic E-state index is 13.5. The highest BCUT2D eigenvalue weighted by Gasteiger charge is 2.52. The van der Waals surface area contributed by atoms with Crippen LogP contribution in [-0.2, 0) is 15.0 Å². The highest BCUT2D eigenvalue weighted by molar-refractivity contribution is 5.91. The number of hydrogen-bond acceptors (Lipinski definition) is 3. The van der Waals surface area contributed by atoms with Crippen LogP contribution in [0.25, 0.3) is 0 Å². The molecule has 140 valence electrons. The largest absolute Gasteiger partial charge is 0.480 e. The predicted octanol–water partition coefficient (Wildman–Crippen LogP) is 2.30. The summed E-state index contributed by atoms with van der Waals surface area (Å²) in [7, 11) is 0. The maximum Gasteiger partial charge on any atom is 0.317 e. The molecule has 1 amide bonds. The molecule has 0 bridgehead atoms. The topological polar surface area (TPSA) is 69.6 Å². The normalized spacial score (nSPS) is 26.2. The summed E-state index contributed by atoms with van der Waals surface area (Å²) in [4.78, 5) is 25.9. The molecule has 0 saturated heterocycles. The number of carbonyl (C=O) groups excluding carboxylic acids is 1. The van der Waals surface area contributed by atoms with Crippen LogP contribution >= 0.6 is 0 Å². The number of aliphatic carboxylic acids is 1. The molecule has 2 N–H and O–H groups in total. The number of benzene rings is 1. The standard InChI is InChI=1S/C20H25FN2O3/c21-15-3-1-2-14(8-15)20(6-7-20)19(26)22-16-9-17(10-16)23(12-18(24)25)11-13-4-5-13/h1-3,8,13,16-17H,4-7,9-12H2,(H,22,26)(H,24,25). The van der Waals surface area contributed by atoms with E-state index < -0.39 is 11.4 Å². The molecule has 3 aliphatic rings. The first-order chi connectivity index (χ1) is 12.5. The van der Waals surface area contributed by atoms with Gasteiger partial charge in [0.25, 0.3) is 0 Å². The van der Waals surface area contributed by atoms with Crippen molar-refractivity contribution >= 4 is 11.9 Å². The fourth-order valence-electron chi connectivity index (χ4n) is 4.03. The van der Waals surface area contributed by atoms with Crippen LogP contribution in [0.5, 0.6) is 0 Å². The molecular weight excluding hydrogens is 335 g/mol. The summed E-state index contributed by atoms with van der Waals surface area (Å²) in [6, 6.07) is 6.66. The average molecular weight is 360 g/mol. The molecule has 3 aliphatic carbocycles. The summed E-state index contributed by atoms with van der Waals surface area (Å²) in [6.07, 6.45) is 5.49. The van der Waals surface area contributed by atoms with E-state index in [0.717, 1.165) is 37.8 Å². The van der Waals surface area contributed by atoms with Gasteiger partial charge in [0.2, 0.25) is 5.91 Å². The van der Waals surface area contributed by atoms with Gasteiger partial charge in [0, 0.05) is 18.6 Å². The monoisotopic (exact) mass is 360 g/mol. The lowest BCUT2D eigenvalue weighted by atomic mass is 9.84. The average Bonchev–Trinajstić information content (AvgIpc) is 3.42. The number of carboxylic acid groups (broad SMARTS) is 1. The number of rotatable bonds is 8. The second kappa shape index (κ2) is 6.65. The van der Waals surface area contributed by atoms with Gasteiger partial charge in [-0.3, -0.25) is 14.5 Å². The van der Waals surface area contributed by atoms with E-state index >= 15 is 0 Å². The van der Waals surface area contributed by atoms with Crippen molar-refractivity contribution in [3.05, 3.63) is 35.6 Å². The van der Waals surface area contributed by atoms with Gasteiger partial charge in [-0.1, -0.05) is 12.1 Å². The molecule has 4 rings (SSSR count). The fourth-order valence-corrected chi connectivity index (χ4v) is 4.03. The number of halogens is 1. The third-order valence-electron chi connectivity index (χ3n) is 6.05. The summed E-state index contributed by atoms with van der Waals surface area (Å²) in [5.41, 5.74) is 0.189. The molecule has 0 unspecified atom stereocenters. The third-order valence-corrected chi connectivity index (χ3v) is 6.05. The second-order valence-corrected chi connectivity index (χ2v) is 8.15. The first kappa shape index (κ1) is 17.5. The van der Waals surface area contributed by atoms with E-state index in [4.69, 9.17) is 5.11 Å². The number of hydrogen-bond donors (Lipinski definition) is 2. The van der Waals surface area contributed by atoms with Crippen LogP contribution in [0.15, 0.2) is 24.3 Å². The van der Waals surface area contributed by atoms with Crippen molar-refractivity contribution in [1.82, 2.24) is 10.2 Å². The Morgan fingerprint density at radius 2 is 2.00 bits per heavy atom. The number of carboxylic acids is 1. The summed E-state index contributed by atoms with van der Waals surface area (Å²) < 4.78 is 13.5. The minimum absolute atomic E-state index is 0.0153. The zero-order valence-electron chi connectivity index (χ0n) is 14.8. The summed E-state index contributed by atoms with van der Waals surface area (Å²) >= 11 is 0. The molecular formula is C20H25FN2O3. The Hall–Kier alpha value is -1.95. The van der Waals surface area contributed by atoms with Crippen LogP contribution < -0.4 is 5.32 Å². The van der Waals surface area contributed by atoms with Crippen LogP contribution in [0.4, 0.5) is 4.39 Å². The Kier molecular flexibility index (Phi) is 4.47. The maximum atomic E-state index is 13.5. The molecule has 3 fully saturated rings. The van der Waals surface area contributed by atoms with E-state index in [1.165, 1.54) is 25.0 Å². The molecule has 1 aromatic carbocycles. The Labute approximate surface area is 152 Å². The highest BCUT2D eigenvalue weighted by atomic mass is 19.1. The van der Waals surface area contributed by atoms with Crippen LogP contribution in [0.2, 0.25) is 0 Å². The smallest absolute Gasteiger partial charge is 0.317 e. The third kappa shape index (κ3) is 3.61. The summed E-state index contributed by atoms with van der Waals surface area (Å²) in [5.74, 6) is -0.472. The van der Waals surface area contributed by atoms with Crippen molar-refractivity contribution < 1.29 is 19.1 Å². The van der Waals surface area contributed by atoms with Gasteiger partial charge in [0.1, 0.15) is 5.82 Å². The lowest BCUT2D eigenvalue weighted by Crippen LogP contribution is -2.56. The summed E-state index contributed by atoms with van der Waals surface area (Å²) in [6.45, 7) is 0.930. The highest BCUT2D eigenvalue weighted by Crippen LogP contribution is 2.49. The molecule has 0 atom stereocenters. The van der Waals surface area contributed by atoms with E-state index in [-0.39, 0.29) is 30.4 Å². The number of amides is 1. The fraction of sp³-hybridized carbons (Fsp3) is 0.600. The summed E-state index contributed by atoms with van der Waals surface area (Å²) in [5, 5.41) is 12.2. The Morgan fingerprint density at radius 3 is 2.58 bits per heavy atom. The molecule has 5 nitrogen and oxygen atoms in total. The van der Waals surface area contributed by atoms with E-state index in [9.17, 15) is 14.0 Å². The zero-order valence-corrected chi connectivity index (χ0v) is 14.8. The Bertz CT molecular complexity index is 709. The van der Waals surface area contributed by atoms with Gasteiger partial charge in [0.05, 0.1) is 12.0 Å². The number of carbonyl (C=O) groups is 2. The minimum atomic E-state index is -0.791. The van der Waals surface area contributed by atoms with Crippen LogP contribution in [0, 0.1) is 11.7 Å². The van der Waals surface area contributed by atoms with Gasteiger partial charge >= 0.3 is 5.97 Å². The quantitative estimate of drug-likeness (QED) is 0.746. The first-order valence-corrected chi connectivity index (χ1v) is 9.49. The van der Waals surface area contributed by atoms with Gasteiger partial charge < -0.3 is 10.4 Å². The molecule has 0 aliphatic heterocycles. The SMILES string of the molecule is O=C(O)CN(CC1CC1)C1CC(NC(=O)C2(c3cccc(F)c3)CC2)C1. The van der Waals surface area contributed by atoms with Crippen molar-refractivity contribution in [1.29, 1.82) is 0 Å². The van der Waals surface area contributed by atoms with Gasteiger partial charge in [-0.2, -0.15) is 0 Å². The minimum Gasteiger partial charge on any atom is -0.480 e. The molecule has 0 heterocycles. The molecule has 0 radical (unpaired) electrons. The van der Waals surface area contributed by atoms with Crippen molar-refractivity contribution in [2.24, 2.45) is 5.92 Å². The van der Waals surface area contributed by atoms with Crippen molar-refractivity contribution in [2.45, 2.75) is 56.0 Å². The first-order valence-electron chi connectivity index (χ1n) is 9.49. The van der Waals surface area contributed by atoms with E-state index in [1.54, 1.807) is 6.07 Å². The number of nitrogens with zero attached hydrogens (tertiary/aromatic N) is 1. The molecule has 6 heteroatoms. The second-order valence-electron chi connectivity index (χ2n) is 8.15. The van der Waals surface area contributed by atoms with E-state index in [2.05, 4.69) is 10.2 Å². The van der Waals surface area contributed by atoms with Gasteiger partial charge in [-0.15, -0.1) is 0 Å². The molecule has 26 heavy (non-hydrogen) atoms. The van der Waals surface area contributed by atoms with Crippen molar-refractivity contribution in [2.75, 3.05) is 13.1 Å². The molecule has 0 aromatic heterocycles. The zero-order chi connectivity index (χ0) is 18.3. The Balaban J connectivity index is 1.32. The van der Waals surface area contributed by atoms with E-state index in [1.807, 2.05) is 6.07 Å². The van der Waals surface area contributed by atoms with E-state index in [0.29, 0.717) is 5.92 Å². The van der Waals surface area contributed by atoms with Gasteiger partial charge in [-0.25, -0.2) is 4.39 Å². The van der Waals surface area contributed by atoms with Crippen LogP contribution in [-0.4, -0.2) is 47.1 Å². The molecule has 1 aromatic rings. The Morgan fingerprint density at radius 1 is 1.27 bits per heavy atom. The predicted molar refractivity (Wildman–Crippen MR) is 94.2 cm³/mol. The van der Waals surface area contributed by atoms with Crippen LogP contribution in [0.3, 0.4) is 0 Å². The molecule has 3 saturated carbocycles. The molecule has 0 spiro atoms. The van der Waals surface area contributed by atoms with Crippen molar-refractivity contribution in [3.63, 3.8) is 0 Å². The number of nitrogens with one attached hydrogen (secondary N) is 1. The van der Waals surface area contributed by atoms with Gasteiger partial charge in [0.15, 0.2) is 0 Å². The van der Waals surface area contributed by atoms with Gasteiger partial charge in [-0.05, 0) is 62.1 Å². The lowest BCUT2D eigenvalue weighted by Gasteiger charge is -2.43. The van der Waals surface area contributed by atoms with Crippen molar-refractivity contribution in [3.8, 4) is 0 Å². The lowest BCUT2D eigenvalue weighted by molar-refractivity contribution is -0.140.